The maximum absolute atomic E-state index is 12.2. The minimum absolute atomic E-state index is 0.0863. The number of ether oxygens (including phenoxy) is 2. The molecule has 0 aliphatic carbocycles. The summed E-state index contributed by atoms with van der Waals surface area (Å²) < 4.78 is 10.9. The Labute approximate surface area is 159 Å². The van der Waals surface area contributed by atoms with Crippen LogP contribution in [0, 0.1) is 0 Å². The van der Waals surface area contributed by atoms with Gasteiger partial charge < -0.3 is 14.4 Å². The van der Waals surface area contributed by atoms with Gasteiger partial charge in [0, 0.05) is 18.6 Å². The molecule has 0 aromatic heterocycles. The van der Waals surface area contributed by atoms with Crippen molar-refractivity contribution in [1.29, 1.82) is 0 Å². The Morgan fingerprint density at radius 2 is 1.84 bits per heavy atom. The number of likely N-dealkylation sites (N-methyl/N-ethyl adjacent to an activating group) is 1. The Kier molecular flexibility index (Phi) is 6.84. The number of benzene rings is 2. The topological polar surface area (TPSA) is 55.8 Å². The fourth-order valence-electron chi connectivity index (χ4n) is 2.07. The van der Waals surface area contributed by atoms with Gasteiger partial charge in [0.15, 0.2) is 6.61 Å². The van der Waals surface area contributed by atoms with Gasteiger partial charge in [0.05, 0.1) is 17.1 Å². The molecule has 0 heterocycles. The van der Waals surface area contributed by atoms with Crippen LogP contribution in [0.15, 0.2) is 46.9 Å². The van der Waals surface area contributed by atoms with E-state index in [0.29, 0.717) is 27.4 Å². The van der Waals surface area contributed by atoms with Gasteiger partial charge in [-0.25, -0.2) is 4.79 Å². The van der Waals surface area contributed by atoms with Crippen molar-refractivity contribution in [2.45, 2.75) is 6.54 Å². The lowest BCUT2D eigenvalue weighted by Crippen LogP contribution is -2.31. The van der Waals surface area contributed by atoms with Crippen LogP contribution in [0.2, 0.25) is 5.02 Å². The molecular formula is C18H17BrClNO4. The van der Waals surface area contributed by atoms with Crippen LogP contribution in [0.5, 0.6) is 5.75 Å². The van der Waals surface area contributed by atoms with Gasteiger partial charge in [-0.3, -0.25) is 4.79 Å². The van der Waals surface area contributed by atoms with Gasteiger partial charge in [0.2, 0.25) is 0 Å². The highest BCUT2D eigenvalue weighted by atomic mass is 79.9. The van der Waals surface area contributed by atoms with E-state index in [-0.39, 0.29) is 12.5 Å². The van der Waals surface area contributed by atoms with E-state index in [2.05, 4.69) is 20.7 Å². The molecule has 0 aliphatic rings. The fraction of sp³-hybridized carbons (Fsp3) is 0.222. The van der Waals surface area contributed by atoms with Crippen molar-refractivity contribution in [3.63, 3.8) is 0 Å². The van der Waals surface area contributed by atoms with Crippen LogP contribution in [0.25, 0.3) is 0 Å². The Hall–Kier alpha value is -2.05. The first kappa shape index (κ1) is 19.3. The molecule has 0 aliphatic heterocycles. The van der Waals surface area contributed by atoms with E-state index < -0.39 is 5.97 Å². The number of halogens is 2. The molecule has 2 aromatic rings. The molecular weight excluding hydrogens is 410 g/mol. The molecule has 2 rings (SSSR count). The highest BCUT2D eigenvalue weighted by molar-refractivity contribution is 9.10. The van der Waals surface area contributed by atoms with Crippen LogP contribution in [-0.4, -0.2) is 37.5 Å². The monoisotopic (exact) mass is 425 g/mol. The number of carbonyl (C=O) groups excluding carboxylic acids is 2. The van der Waals surface area contributed by atoms with Crippen molar-refractivity contribution >= 4 is 39.4 Å². The Morgan fingerprint density at radius 3 is 2.44 bits per heavy atom. The number of esters is 1. The smallest absolute Gasteiger partial charge is 0.337 e. The van der Waals surface area contributed by atoms with Gasteiger partial charge >= 0.3 is 5.97 Å². The summed E-state index contributed by atoms with van der Waals surface area (Å²) in [7, 11) is 3.03. The standard InChI is InChI=1S/C18H17BrClNO4/c1-21(10-12-3-5-13(6-4-12)18(23)24-2)17(22)11-25-16-8-7-14(20)9-15(16)19/h3-9H,10-11H2,1-2H3. The van der Waals surface area contributed by atoms with Crippen molar-refractivity contribution in [2.75, 3.05) is 20.8 Å². The molecule has 25 heavy (non-hydrogen) atoms. The number of nitrogens with zero attached hydrogens (tertiary/aromatic N) is 1. The third kappa shape index (κ3) is 5.47. The second-order valence-corrected chi connectivity index (χ2v) is 6.59. The molecule has 0 fully saturated rings. The van der Waals surface area contributed by atoms with E-state index in [1.807, 2.05) is 0 Å². The van der Waals surface area contributed by atoms with E-state index >= 15 is 0 Å². The fourth-order valence-corrected chi connectivity index (χ4v) is 2.87. The molecule has 132 valence electrons. The van der Waals surface area contributed by atoms with Crippen molar-refractivity contribution in [2.24, 2.45) is 0 Å². The molecule has 5 nitrogen and oxygen atoms in total. The summed E-state index contributed by atoms with van der Waals surface area (Å²) in [5.41, 5.74) is 1.37. The van der Waals surface area contributed by atoms with Crippen LogP contribution >= 0.6 is 27.5 Å². The van der Waals surface area contributed by atoms with E-state index in [1.165, 1.54) is 7.11 Å². The molecule has 0 unspecified atom stereocenters. The summed E-state index contributed by atoms with van der Waals surface area (Å²) in [6, 6.07) is 12.0. The summed E-state index contributed by atoms with van der Waals surface area (Å²) >= 11 is 9.21. The quantitative estimate of drug-likeness (QED) is 0.657. The van der Waals surface area contributed by atoms with Gasteiger partial charge in [-0.05, 0) is 51.8 Å². The molecule has 1 amide bonds. The zero-order valence-electron chi connectivity index (χ0n) is 13.8. The summed E-state index contributed by atoms with van der Waals surface area (Å²) in [6.45, 7) is 0.322. The summed E-state index contributed by atoms with van der Waals surface area (Å²) in [4.78, 5) is 25.2. The maximum Gasteiger partial charge on any atom is 0.337 e. The zero-order chi connectivity index (χ0) is 18.4. The van der Waals surface area contributed by atoms with Gasteiger partial charge in [0.1, 0.15) is 5.75 Å². The van der Waals surface area contributed by atoms with Gasteiger partial charge in [-0.15, -0.1) is 0 Å². The summed E-state index contributed by atoms with van der Waals surface area (Å²) in [5, 5.41) is 0.582. The van der Waals surface area contributed by atoms with Crippen LogP contribution in [0.1, 0.15) is 15.9 Å². The van der Waals surface area contributed by atoms with Crippen LogP contribution < -0.4 is 4.74 Å². The van der Waals surface area contributed by atoms with Gasteiger partial charge in [0.25, 0.3) is 5.91 Å². The van der Waals surface area contributed by atoms with Crippen molar-refractivity contribution < 1.29 is 19.1 Å². The van der Waals surface area contributed by atoms with Crippen LogP contribution in [0.3, 0.4) is 0 Å². The number of rotatable bonds is 6. The summed E-state index contributed by atoms with van der Waals surface area (Å²) in [5.74, 6) is -0.00889. The number of carbonyl (C=O) groups is 2. The molecule has 0 saturated carbocycles. The average molecular weight is 427 g/mol. The first-order chi connectivity index (χ1) is 11.9. The number of amides is 1. The lowest BCUT2D eigenvalue weighted by molar-refractivity contribution is -0.132. The van der Waals surface area contributed by atoms with E-state index in [4.69, 9.17) is 16.3 Å². The average Bonchev–Trinajstić information content (AvgIpc) is 2.60. The van der Waals surface area contributed by atoms with E-state index in [1.54, 1.807) is 54.4 Å². The predicted octanol–water partition coefficient (Wildman–Crippen LogP) is 3.93. The predicted molar refractivity (Wildman–Crippen MR) is 98.9 cm³/mol. The van der Waals surface area contributed by atoms with Crippen molar-refractivity contribution in [1.82, 2.24) is 4.90 Å². The third-order valence-electron chi connectivity index (χ3n) is 3.47. The Morgan fingerprint density at radius 1 is 1.16 bits per heavy atom. The first-order valence-corrected chi connectivity index (χ1v) is 8.57. The molecule has 0 radical (unpaired) electrons. The zero-order valence-corrected chi connectivity index (χ0v) is 16.1. The second kappa shape index (κ2) is 8.87. The lowest BCUT2D eigenvalue weighted by atomic mass is 10.1. The molecule has 0 atom stereocenters. The normalized spacial score (nSPS) is 10.2. The molecule has 2 aromatic carbocycles. The first-order valence-electron chi connectivity index (χ1n) is 7.39. The highest BCUT2D eigenvalue weighted by Gasteiger charge is 2.12. The van der Waals surface area contributed by atoms with Crippen molar-refractivity contribution in [3.8, 4) is 5.75 Å². The van der Waals surface area contributed by atoms with Gasteiger partial charge in [-0.2, -0.15) is 0 Å². The highest BCUT2D eigenvalue weighted by Crippen LogP contribution is 2.27. The largest absolute Gasteiger partial charge is 0.483 e. The van der Waals surface area contributed by atoms with Crippen molar-refractivity contribution in [3.05, 3.63) is 63.1 Å². The SMILES string of the molecule is COC(=O)c1ccc(CN(C)C(=O)COc2ccc(Cl)cc2Br)cc1. The van der Waals surface area contributed by atoms with Crippen LogP contribution in [0.4, 0.5) is 0 Å². The minimum atomic E-state index is -0.391. The number of methoxy groups -OCH3 is 1. The molecule has 0 spiro atoms. The minimum Gasteiger partial charge on any atom is -0.483 e. The summed E-state index contributed by atoms with van der Waals surface area (Å²) in [6.07, 6.45) is 0. The lowest BCUT2D eigenvalue weighted by Gasteiger charge is -2.18. The molecule has 0 saturated heterocycles. The number of hydrogen-bond donors (Lipinski definition) is 0. The van der Waals surface area contributed by atoms with Gasteiger partial charge in [-0.1, -0.05) is 23.7 Å². The Bertz CT molecular complexity index is 764. The van der Waals surface area contributed by atoms with E-state index in [9.17, 15) is 9.59 Å². The second-order valence-electron chi connectivity index (χ2n) is 5.30. The molecule has 0 bridgehead atoms. The number of hydrogen-bond acceptors (Lipinski definition) is 4. The maximum atomic E-state index is 12.2. The van der Waals surface area contributed by atoms with Crippen LogP contribution in [-0.2, 0) is 16.1 Å². The molecule has 7 heteroatoms. The molecule has 0 N–H and O–H groups in total. The third-order valence-corrected chi connectivity index (χ3v) is 4.32. The Balaban J connectivity index is 1.90. The van der Waals surface area contributed by atoms with E-state index in [0.717, 1.165) is 5.56 Å².